The van der Waals surface area contributed by atoms with Gasteiger partial charge in [-0.3, -0.25) is 24.0 Å². The van der Waals surface area contributed by atoms with Crippen molar-refractivity contribution in [2.24, 2.45) is 0 Å². The smallest absolute Gasteiger partial charge is 0.266 e. The zero-order chi connectivity index (χ0) is 37.2. The van der Waals surface area contributed by atoms with Crippen molar-refractivity contribution in [2.45, 2.75) is 102 Å². The molecule has 54 heavy (non-hydrogen) atoms. The van der Waals surface area contributed by atoms with Gasteiger partial charge >= 0.3 is 0 Å². The first kappa shape index (κ1) is 34.3. The van der Waals surface area contributed by atoms with Crippen molar-refractivity contribution < 1.29 is 19.2 Å². The molecule has 0 spiro atoms. The van der Waals surface area contributed by atoms with Gasteiger partial charge in [0.25, 0.3) is 17.4 Å². The summed E-state index contributed by atoms with van der Waals surface area (Å²) < 4.78 is 0. The lowest BCUT2D eigenvalue weighted by Gasteiger charge is -2.26. The number of rotatable bonds is 7. The van der Waals surface area contributed by atoms with Crippen molar-refractivity contribution >= 4 is 56.3 Å². The van der Waals surface area contributed by atoms with Gasteiger partial charge in [0.1, 0.15) is 11.7 Å². The van der Waals surface area contributed by atoms with E-state index >= 15 is 0 Å². The average molecular weight is 718 g/mol. The number of H-pyrrole nitrogens is 1. The Hall–Kier alpha value is -5.50. The fourth-order valence-electron chi connectivity index (χ4n) is 9.39. The highest BCUT2D eigenvalue weighted by molar-refractivity contribution is 6.36. The molecule has 3 aliphatic carbocycles. The van der Waals surface area contributed by atoms with E-state index in [0.29, 0.717) is 39.2 Å². The minimum absolute atomic E-state index is 0.00570. The highest BCUT2D eigenvalue weighted by Crippen LogP contribution is 2.45. The van der Waals surface area contributed by atoms with Gasteiger partial charge in [0.2, 0.25) is 0 Å². The molecule has 1 N–H and O–H groups in total. The van der Waals surface area contributed by atoms with Crippen LogP contribution in [0, 0.1) is 0 Å². The summed E-state index contributed by atoms with van der Waals surface area (Å²) in [5, 5.41) is 1.54. The van der Waals surface area contributed by atoms with Crippen LogP contribution >= 0.6 is 0 Å². The number of benzene rings is 4. The standard InChI is InChI=1S/C46H43N3O5/c1-3-4-10-25(2)28-15-17-32-38(24-28)47-43(48-44(32)52)40-41(50)34-20-30-22-36-37(23-31(30)21-35(34)42(40)51)46(54)49(45(36)53)39-18-16-29(26-11-6-5-7-12-26)19-33(39)27-13-8-9-14-27/h10,15-24,26-27,40H,3-9,11-14H2,1-2H3,(H,47,48,52)/b25-10-. The lowest BCUT2D eigenvalue weighted by molar-refractivity contribution is 0.0880. The molecule has 1 aliphatic heterocycles. The van der Waals surface area contributed by atoms with Crippen LogP contribution in [-0.4, -0.2) is 33.3 Å². The molecule has 2 amide bonds. The number of imide groups is 1. The number of fused-ring (bicyclic) bond motifs is 4. The number of allylic oxidation sites excluding steroid dienone is 2. The predicted octanol–water partition coefficient (Wildman–Crippen LogP) is 9.95. The number of hydrogen-bond acceptors (Lipinski definition) is 6. The molecule has 4 aliphatic rings. The van der Waals surface area contributed by atoms with E-state index in [1.165, 1.54) is 42.6 Å². The molecule has 0 unspecified atom stereocenters. The Bertz CT molecular complexity index is 2460. The molecule has 2 fully saturated rings. The number of Topliss-reactive ketones (excluding diaryl/α,β-unsaturated/α-hetero) is 2. The average Bonchev–Trinajstić information content (AvgIpc) is 3.88. The van der Waals surface area contributed by atoms with Crippen molar-refractivity contribution in [3.63, 3.8) is 0 Å². The van der Waals surface area contributed by atoms with Crippen molar-refractivity contribution in [3.05, 3.63) is 122 Å². The largest absolute Gasteiger partial charge is 0.309 e. The van der Waals surface area contributed by atoms with E-state index in [0.717, 1.165) is 55.2 Å². The van der Waals surface area contributed by atoms with E-state index in [1.807, 2.05) is 25.1 Å². The lowest BCUT2D eigenvalue weighted by atomic mass is 9.82. The molecule has 8 heteroatoms. The summed E-state index contributed by atoms with van der Waals surface area (Å²) in [6, 6.07) is 18.4. The molecule has 1 aromatic heterocycles. The molecule has 0 bridgehead atoms. The second-order valence-corrected chi connectivity index (χ2v) is 15.7. The first-order chi connectivity index (χ1) is 26.2. The summed E-state index contributed by atoms with van der Waals surface area (Å²) in [6.07, 6.45) is 14.5. The van der Waals surface area contributed by atoms with Crippen molar-refractivity contribution in [2.75, 3.05) is 4.90 Å². The number of amides is 2. The van der Waals surface area contributed by atoms with Gasteiger partial charge in [0, 0.05) is 11.1 Å². The maximum absolute atomic E-state index is 14.2. The lowest BCUT2D eigenvalue weighted by Crippen LogP contribution is -2.30. The maximum atomic E-state index is 14.2. The molecule has 0 radical (unpaired) electrons. The maximum Gasteiger partial charge on any atom is 0.266 e. The van der Waals surface area contributed by atoms with E-state index < -0.39 is 23.0 Å². The van der Waals surface area contributed by atoms with Gasteiger partial charge in [-0.2, -0.15) is 0 Å². The number of ketones is 2. The van der Waals surface area contributed by atoms with Gasteiger partial charge in [0.15, 0.2) is 11.6 Å². The SMILES string of the molecule is CCC/C=C(/C)c1ccc2c(=O)[nH]c(C3C(=O)c4cc5cc6c(cc5cc4C3=O)C(=O)N(c3ccc(C4CCCCC4)cc3C3CCCC3)C6=O)nc2c1. The van der Waals surface area contributed by atoms with Crippen molar-refractivity contribution in [1.82, 2.24) is 9.97 Å². The summed E-state index contributed by atoms with van der Waals surface area (Å²) >= 11 is 0. The molecule has 0 atom stereocenters. The summed E-state index contributed by atoms with van der Waals surface area (Å²) in [6.45, 7) is 4.12. The molecule has 9 rings (SSSR count). The fourth-order valence-corrected chi connectivity index (χ4v) is 9.39. The van der Waals surface area contributed by atoms with Crippen LogP contribution in [0.3, 0.4) is 0 Å². The van der Waals surface area contributed by atoms with Gasteiger partial charge in [-0.25, -0.2) is 9.88 Å². The van der Waals surface area contributed by atoms with E-state index in [-0.39, 0.29) is 39.9 Å². The van der Waals surface area contributed by atoms with Crippen LogP contribution in [0.1, 0.15) is 166 Å². The van der Waals surface area contributed by atoms with Crippen LogP contribution in [-0.2, 0) is 0 Å². The highest BCUT2D eigenvalue weighted by Gasteiger charge is 2.43. The number of aromatic amines is 1. The second kappa shape index (κ2) is 13.4. The molecule has 272 valence electrons. The Labute approximate surface area is 313 Å². The third kappa shape index (κ3) is 5.57. The second-order valence-electron chi connectivity index (χ2n) is 15.7. The number of nitrogens with one attached hydrogen (secondary N) is 1. The molecule has 2 saturated carbocycles. The minimum atomic E-state index is -1.30. The topological polar surface area (TPSA) is 117 Å². The van der Waals surface area contributed by atoms with E-state index in [4.69, 9.17) is 0 Å². The van der Waals surface area contributed by atoms with Gasteiger partial charge in [-0.15, -0.1) is 0 Å². The van der Waals surface area contributed by atoms with Crippen LogP contribution in [0.25, 0.3) is 27.2 Å². The number of aromatic nitrogens is 2. The quantitative estimate of drug-likeness (QED) is 0.132. The van der Waals surface area contributed by atoms with E-state index in [2.05, 4.69) is 35.1 Å². The highest BCUT2D eigenvalue weighted by atomic mass is 16.2. The number of anilines is 1. The monoisotopic (exact) mass is 717 g/mol. The van der Waals surface area contributed by atoms with Gasteiger partial charge in [-0.05, 0) is 126 Å². The third-order valence-electron chi connectivity index (χ3n) is 12.4. The van der Waals surface area contributed by atoms with Crippen LogP contribution in [0.15, 0.2) is 71.5 Å². The summed E-state index contributed by atoms with van der Waals surface area (Å²) in [5.74, 6) is -2.15. The summed E-state index contributed by atoms with van der Waals surface area (Å²) in [4.78, 5) is 78.2. The number of unbranched alkanes of at least 4 members (excludes halogenated alkanes) is 1. The Morgan fingerprint density at radius 1 is 0.741 bits per heavy atom. The van der Waals surface area contributed by atoms with Crippen molar-refractivity contribution in [3.8, 4) is 0 Å². The van der Waals surface area contributed by atoms with Crippen molar-refractivity contribution in [1.29, 1.82) is 0 Å². The van der Waals surface area contributed by atoms with Gasteiger partial charge in [0.05, 0.1) is 27.7 Å². The van der Waals surface area contributed by atoms with Crippen LogP contribution in [0.2, 0.25) is 0 Å². The molecule has 4 aromatic carbocycles. The minimum Gasteiger partial charge on any atom is -0.309 e. The number of hydrogen-bond donors (Lipinski definition) is 1. The molecule has 5 aromatic rings. The summed E-state index contributed by atoms with van der Waals surface area (Å²) in [7, 11) is 0. The number of carbonyl (C=O) groups excluding carboxylic acids is 4. The first-order valence-electron chi connectivity index (χ1n) is 19.7. The van der Waals surface area contributed by atoms with E-state index in [1.54, 1.807) is 30.3 Å². The number of nitrogens with zero attached hydrogens (tertiary/aromatic N) is 2. The molecular formula is C46H43N3O5. The van der Waals surface area contributed by atoms with Crippen LogP contribution < -0.4 is 10.5 Å². The molecular weight excluding hydrogens is 675 g/mol. The van der Waals surface area contributed by atoms with E-state index in [9.17, 15) is 24.0 Å². The fraction of sp³-hybridized carbons (Fsp3) is 0.348. The summed E-state index contributed by atoms with van der Waals surface area (Å²) in [5.41, 5.74) is 6.04. The Morgan fingerprint density at radius 2 is 1.35 bits per heavy atom. The Balaban J connectivity index is 1.06. The van der Waals surface area contributed by atoms with Crippen LogP contribution in [0.5, 0.6) is 0 Å². The molecule has 2 heterocycles. The predicted molar refractivity (Wildman–Crippen MR) is 211 cm³/mol. The van der Waals surface area contributed by atoms with Gasteiger partial charge < -0.3 is 4.98 Å². The third-order valence-corrected chi connectivity index (χ3v) is 12.4. The number of carbonyl (C=O) groups is 4. The Kier molecular flexibility index (Phi) is 8.52. The molecule has 8 nitrogen and oxygen atoms in total. The Morgan fingerprint density at radius 3 is 2.00 bits per heavy atom. The first-order valence-corrected chi connectivity index (χ1v) is 19.7. The normalized spacial score (nSPS) is 18.5. The zero-order valence-electron chi connectivity index (χ0n) is 30.8. The van der Waals surface area contributed by atoms with Gasteiger partial charge in [-0.1, -0.05) is 69.7 Å². The van der Waals surface area contributed by atoms with Crippen LogP contribution in [0.4, 0.5) is 5.69 Å². The zero-order valence-corrected chi connectivity index (χ0v) is 30.8. The molecule has 0 saturated heterocycles.